The number of benzene rings is 1. The maximum Gasteiger partial charge on any atom is 0.182 e. The highest BCUT2D eigenvalue weighted by Crippen LogP contribution is 2.24. The molecule has 0 radical (unpaired) electrons. The number of aryl methyl sites for hydroxylation is 1. The van der Waals surface area contributed by atoms with Gasteiger partial charge in [0.15, 0.2) is 4.80 Å². The molecular formula is C14H14F2N2S. The fourth-order valence-corrected chi connectivity index (χ4v) is 3.63. The molecule has 1 aliphatic rings. The highest BCUT2D eigenvalue weighted by molar-refractivity contribution is 7.09. The van der Waals surface area contributed by atoms with Crippen molar-refractivity contribution in [1.82, 2.24) is 4.57 Å². The zero-order valence-corrected chi connectivity index (χ0v) is 11.2. The molecule has 0 amide bonds. The van der Waals surface area contributed by atoms with Crippen LogP contribution in [0.3, 0.4) is 0 Å². The largest absolute Gasteiger partial charge is 0.316 e. The van der Waals surface area contributed by atoms with E-state index in [1.165, 1.54) is 28.3 Å². The van der Waals surface area contributed by atoms with Crippen LogP contribution in [0.15, 0.2) is 18.2 Å². The van der Waals surface area contributed by atoms with Gasteiger partial charge in [-0.3, -0.25) is 5.41 Å². The molecule has 0 fully saturated rings. The van der Waals surface area contributed by atoms with E-state index in [2.05, 4.69) is 0 Å². The van der Waals surface area contributed by atoms with Gasteiger partial charge in [-0.2, -0.15) is 0 Å². The molecule has 1 aromatic heterocycles. The summed E-state index contributed by atoms with van der Waals surface area (Å²) in [6.45, 7) is 0.316. The molecule has 0 bridgehead atoms. The minimum absolute atomic E-state index is 0.316. The average Bonchev–Trinajstić information content (AvgIpc) is 2.69. The second-order valence-electron chi connectivity index (χ2n) is 4.81. The van der Waals surface area contributed by atoms with Crippen molar-refractivity contribution in [2.45, 2.75) is 32.2 Å². The lowest BCUT2D eigenvalue weighted by molar-refractivity contribution is 0.556. The second-order valence-corrected chi connectivity index (χ2v) is 5.89. The van der Waals surface area contributed by atoms with Crippen LogP contribution in [0.25, 0.3) is 0 Å². The third-order valence-corrected chi connectivity index (χ3v) is 4.62. The van der Waals surface area contributed by atoms with Crippen LogP contribution in [0.4, 0.5) is 8.78 Å². The van der Waals surface area contributed by atoms with Crippen LogP contribution in [0.2, 0.25) is 0 Å². The summed E-state index contributed by atoms with van der Waals surface area (Å²) in [6, 6.07) is 3.63. The molecule has 1 aliphatic carbocycles. The molecule has 5 heteroatoms. The molecule has 2 nitrogen and oxygen atoms in total. The number of hydrogen-bond acceptors (Lipinski definition) is 2. The van der Waals surface area contributed by atoms with Crippen molar-refractivity contribution in [3.05, 3.63) is 50.8 Å². The van der Waals surface area contributed by atoms with Gasteiger partial charge in [-0.15, -0.1) is 11.3 Å². The Hall–Kier alpha value is -1.49. The van der Waals surface area contributed by atoms with E-state index in [4.69, 9.17) is 5.41 Å². The summed E-state index contributed by atoms with van der Waals surface area (Å²) in [6.07, 6.45) is 4.26. The number of aromatic nitrogens is 1. The van der Waals surface area contributed by atoms with Gasteiger partial charge in [0.25, 0.3) is 0 Å². The van der Waals surface area contributed by atoms with Crippen LogP contribution in [-0.4, -0.2) is 4.57 Å². The molecule has 0 atom stereocenters. The topological polar surface area (TPSA) is 28.8 Å². The molecule has 0 saturated carbocycles. The van der Waals surface area contributed by atoms with E-state index in [1.807, 2.05) is 4.57 Å². The minimum Gasteiger partial charge on any atom is -0.316 e. The van der Waals surface area contributed by atoms with Crippen molar-refractivity contribution in [3.63, 3.8) is 0 Å². The summed E-state index contributed by atoms with van der Waals surface area (Å²) in [7, 11) is 0. The van der Waals surface area contributed by atoms with E-state index < -0.39 is 11.6 Å². The molecule has 19 heavy (non-hydrogen) atoms. The third kappa shape index (κ3) is 2.34. The fourth-order valence-electron chi connectivity index (χ4n) is 2.54. The van der Waals surface area contributed by atoms with Crippen LogP contribution in [0.5, 0.6) is 0 Å². The van der Waals surface area contributed by atoms with Crippen LogP contribution in [-0.2, 0) is 19.4 Å². The number of nitrogens with zero attached hydrogens (tertiary/aromatic N) is 1. The average molecular weight is 280 g/mol. The monoisotopic (exact) mass is 280 g/mol. The molecule has 1 aromatic carbocycles. The van der Waals surface area contributed by atoms with Gasteiger partial charge in [0, 0.05) is 22.2 Å². The number of halogens is 2. The molecule has 1 N–H and O–H groups in total. The zero-order valence-electron chi connectivity index (χ0n) is 10.4. The normalized spacial score (nSPS) is 14.4. The van der Waals surface area contributed by atoms with Crippen molar-refractivity contribution in [3.8, 4) is 0 Å². The lowest BCUT2D eigenvalue weighted by Crippen LogP contribution is -2.19. The van der Waals surface area contributed by atoms with Crippen LogP contribution < -0.4 is 4.80 Å². The van der Waals surface area contributed by atoms with Gasteiger partial charge in [0.2, 0.25) is 0 Å². The Morgan fingerprint density at radius 2 is 2.00 bits per heavy atom. The van der Waals surface area contributed by atoms with Gasteiger partial charge < -0.3 is 4.57 Å². The molecule has 0 spiro atoms. The number of thiazole rings is 1. The van der Waals surface area contributed by atoms with Gasteiger partial charge >= 0.3 is 0 Å². The second kappa shape index (κ2) is 4.89. The minimum atomic E-state index is -0.565. The van der Waals surface area contributed by atoms with E-state index in [1.54, 1.807) is 0 Å². The molecule has 0 unspecified atom stereocenters. The van der Waals surface area contributed by atoms with Crippen LogP contribution in [0.1, 0.15) is 29.0 Å². The van der Waals surface area contributed by atoms with Gasteiger partial charge in [0.05, 0.1) is 6.54 Å². The Labute approximate surface area is 113 Å². The molecule has 0 aliphatic heterocycles. The first-order chi connectivity index (χ1) is 9.15. The smallest absolute Gasteiger partial charge is 0.182 e. The Kier molecular flexibility index (Phi) is 3.22. The third-order valence-electron chi connectivity index (χ3n) is 3.52. The van der Waals surface area contributed by atoms with Gasteiger partial charge in [-0.05, 0) is 31.7 Å². The maximum absolute atomic E-state index is 13.7. The summed E-state index contributed by atoms with van der Waals surface area (Å²) in [4.78, 5) is 1.70. The number of fused-ring (bicyclic) bond motifs is 1. The standard InChI is InChI=1S/C14H14F2N2S/c15-10-6-5-9(11(16)7-10)8-18-12-3-1-2-4-13(12)19-14(18)17/h5-7,17H,1-4,8H2. The van der Waals surface area contributed by atoms with Crippen LogP contribution in [0, 0.1) is 17.0 Å². The predicted octanol–water partition coefficient (Wildman–Crippen LogP) is 3.23. The van der Waals surface area contributed by atoms with Crippen LogP contribution >= 0.6 is 11.3 Å². The van der Waals surface area contributed by atoms with E-state index in [0.717, 1.165) is 37.4 Å². The van der Waals surface area contributed by atoms with Gasteiger partial charge in [-0.25, -0.2) is 8.78 Å². The lowest BCUT2D eigenvalue weighted by Gasteiger charge is -2.14. The number of nitrogens with one attached hydrogen (secondary N) is 1. The van der Waals surface area contributed by atoms with E-state index >= 15 is 0 Å². The summed E-state index contributed by atoms with van der Waals surface area (Å²) in [5, 5.41) is 8.01. The maximum atomic E-state index is 13.7. The molecule has 1 heterocycles. The van der Waals surface area contributed by atoms with E-state index in [0.29, 0.717) is 16.9 Å². The van der Waals surface area contributed by atoms with E-state index in [9.17, 15) is 8.78 Å². The zero-order chi connectivity index (χ0) is 13.4. The summed E-state index contributed by atoms with van der Waals surface area (Å²) >= 11 is 1.48. The van der Waals surface area contributed by atoms with Crippen molar-refractivity contribution >= 4 is 11.3 Å². The summed E-state index contributed by atoms with van der Waals surface area (Å²) < 4.78 is 28.4. The molecule has 0 saturated heterocycles. The SMILES string of the molecule is N=c1sc2c(n1Cc1ccc(F)cc1F)CCCC2. The fraction of sp³-hybridized carbons (Fsp3) is 0.357. The van der Waals surface area contributed by atoms with Gasteiger partial charge in [0.1, 0.15) is 11.6 Å². The Morgan fingerprint density at radius 3 is 2.79 bits per heavy atom. The Balaban J connectivity index is 1.99. The first kappa shape index (κ1) is 12.5. The Bertz CT molecular complexity index is 673. The van der Waals surface area contributed by atoms with E-state index in [-0.39, 0.29) is 0 Å². The molecule has 3 rings (SSSR count). The number of rotatable bonds is 2. The van der Waals surface area contributed by atoms with Gasteiger partial charge in [-0.1, -0.05) is 6.07 Å². The summed E-state index contributed by atoms with van der Waals surface area (Å²) in [5.74, 6) is -1.10. The summed E-state index contributed by atoms with van der Waals surface area (Å²) in [5.41, 5.74) is 1.59. The molecule has 2 aromatic rings. The van der Waals surface area contributed by atoms with Crippen molar-refractivity contribution in [2.24, 2.45) is 0 Å². The number of hydrogen-bond donors (Lipinski definition) is 1. The van der Waals surface area contributed by atoms with Crippen molar-refractivity contribution in [2.75, 3.05) is 0 Å². The quantitative estimate of drug-likeness (QED) is 0.875. The molecular weight excluding hydrogens is 266 g/mol. The highest BCUT2D eigenvalue weighted by atomic mass is 32.1. The first-order valence-electron chi connectivity index (χ1n) is 6.35. The predicted molar refractivity (Wildman–Crippen MR) is 70.3 cm³/mol. The van der Waals surface area contributed by atoms with Crippen molar-refractivity contribution in [1.29, 1.82) is 5.41 Å². The lowest BCUT2D eigenvalue weighted by atomic mass is 10.0. The van der Waals surface area contributed by atoms with Crippen molar-refractivity contribution < 1.29 is 8.78 Å². The Morgan fingerprint density at radius 1 is 1.21 bits per heavy atom. The highest BCUT2D eigenvalue weighted by Gasteiger charge is 2.17. The first-order valence-corrected chi connectivity index (χ1v) is 7.16. The molecule has 100 valence electrons.